The first kappa shape index (κ1) is 96.3. The Hall–Kier alpha value is -14.0. The number of aromatic nitrogens is 25. The van der Waals surface area contributed by atoms with Gasteiger partial charge < -0.3 is 35.0 Å². The number of nitrogens with zero attached hydrogens (tertiary/aromatic N) is 30. The number of piperidine rings is 3. The molecule has 5 aliphatic heterocycles. The van der Waals surface area contributed by atoms with E-state index in [2.05, 4.69) is 143 Å². The number of ether oxygens (including phenoxy) is 1. The first-order valence-electron chi connectivity index (χ1n) is 45.1. The maximum atomic E-state index is 13.1. The normalized spacial score (nSPS) is 19.1. The number of imidazole rings is 5. The summed E-state index contributed by atoms with van der Waals surface area (Å²) in [6, 6.07) is 22.9. The van der Waals surface area contributed by atoms with Crippen molar-refractivity contribution in [3.8, 4) is 56.9 Å². The number of halogens is 10. The second-order valence-corrected chi connectivity index (χ2v) is 39.4. The summed E-state index contributed by atoms with van der Waals surface area (Å²) < 4.78 is 194. The highest BCUT2D eigenvalue weighted by molar-refractivity contribution is 7.89. The van der Waals surface area contributed by atoms with E-state index < -0.39 is 52.2 Å². The number of alkyl halides is 10. The summed E-state index contributed by atoms with van der Waals surface area (Å²) in [5.41, 5.74) is 11.8. The Labute approximate surface area is 793 Å². The van der Waals surface area contributed by atoms with Gasteiger partial charge in [0.1, 0.15) is 118 Å². The fraction of sp³-hybridized carbons (Fsp3) is 0.427. The molecule has 734 valence electrons. The molecule has 7 aliphatic rings. The van der Waals surface area contributed by atoms with Crippen LogP contribution in [0.15, 0.2) is 154 Å². The summed E-state index contributed by atoms with van der Waals surface area (Å²) in [5, 5.41) is 20.0. The van der Waals surface area contributed by atoms with Crippen LogP contribution in [0.3, 0.4) is 0 Å². The van der Waals surface area contributed by atoms with Crippen molar-refractivity contribution in [1.82, 2.24) is 132 Å². The minimum absolute atomic E-state index is 0.0461. The lowest BCUT2D eigenvalue weighted by Gasteiger charge is -2.37. The van der Waals surface area contributed by atoms with E-state index in [9.17, 15) is 65.5 Å². The van der Waals surface area contributed by atoms with E-state index in [4.69, 9.17) is 10.5 Å². The van der Waals surface area contributed by atoms with Gasteiger partial charge >= 0.3 is 0 Å². The van der Waals surface area contributed by atoms with E-state index in [0.717, 1.165) is 82.4 Å². The molecule has 140 heavy (non-hydrogen) atoms. The quantitative estimate of drug-likeness (QED) is 0.0530. The monoisotopic (exact) mass is 1980 g/mol. The predicted octanol–water partition coefficient (Wildman–Crippen LogP) is 11.8. The molecule has 20 heterocycles. The van der Waals surface area contributed by atoms with Gasteiger partial charge in [-0.15, -0.1) is 0 Å². The fourth-order valence-electron chi connectivity index (χ4n) is 18.3. The topological polar surface area (TPSA) is 441 Å². The highest BCUT2D eigenvalue weighted by Crippen LogP contribution is 2.51. The number of nitrogens with two attached hydrogens (primary N) is 1. The van der Waals surface area contributed by atoms with Crippen molar-refractivity contribution in [2.45, 2.75) is 121 Å². The van der Waals surface area contributed by atoms with E-state index in [1.807, 2.05) is 17.0 Å². The standard InChI is InChI=1S/2C19H23F2N7O2S.C18H18F2N6.C17H16F2N6O.C16H15F2N7O/c2*1-12-5-13(7-25-31(2,29)30)10-27(9-12)18-6-15(23-11-24-18)16-8-22-17-4-3-14(19(20)21)26-28(16)17;19-17(20)12-3-4-15-21-10-14(26(15)24-12)13-9-16(23-11-22-13)25-8-2-1-5-18(25)6-7-18;18-16(19)11-1-2-14-20-8-13(25(14)23-11)12-7-15(22-10-21-12)24-5-6-26-9-17(24)3-4-17;17-15(18)10-1-2-13-20-6-12(25(13)23-10)11-5-14(22-8-21-11)24-4-3-9(7-24)16(19)26/h2*3-4,6,8,11-13,19,25H,5,7,9-10H2,1-2H3;3-4,9-11,17H,1-2,5-8H2;1-2,7-8,10,16H,3-6,9H2;1-2,5-6,8-9,15H,3-4,7H2,(H2,19,26). The summed E-state index contributed by atoms with van der Waals surface area (Å²) in [5.74, 6) is 4.16. The van der Waals surface area contributed by atoms with Gasteiger partial charge in [0, 0.05) is 101 Å². The van der Waals surface area contributed by atoms with E-state index >= 15 is 0 Å². The Morgan fingerprint density at radius 1 is 0.393 bits per heavy atom. The lowest BCUT2D eigenvalue weighted by Crippen LogP contribution is -2.48. The van der Waals surface area contributed by atoms with Crippen LogP contribution in [0.4, 0.5) is 73.0 Å². The van der Waals surface area contributed by atoms with Gasteiger partial charge in [0.15, 0.2) is 28.2 Å². The van der Waals surface area contributed by atoms with Gasteiger partial charge in [-0.3, -0.25) is 4.79 Å². The highest BCUT2D eigenvalue weighted by Gasteiger charge is 2.52. The van der Waals surface area contributed by atoms with Gasteiger partial charge in [-0.1, -0.05) is 13.8 Å². The average molecular weight is 1980 g/mol. The largest absolute Gasteiger partial charge is 0.377 e. The number of sulfonamides is 2. The van der Waals surface area contributed by atoms with Crippen molar-refractivity contribution < 1.29 is 70.3 Å². The third-order valence-corrected chi connectivity index (χ3v) is 26.8. The van der Waals surface area contributed by atoms with Crippen molar-refractivity contribution in [3.63, 3.8) is 0 Å². The third kappa shape index (κ3) is 21.9. The third-order valence-electron chi connectivity index (χ3n) is 25.4. The zero-order chi connectivity index (χ0) is 98.1. The van der Waals surface area contributed by atoms with Gasteiger partial charge in [-0.2, -0.15) is 25.5 Å². The fourth-order valence-corrected chi connectivity index (χ4v) is 19.4. The number of amides is 1. The number of hydrogen-bond donors (Lipinski definition) is 3. The number of carbonyl (C=O) groups is 1. The lowest BCUT2D eigenvalue weighted by atomic mass is 9.90. The van der Waals surface area contributed by atoms with Crippen molar-refractivity contribution in [2.75, 3.05) is 116 Å². The van der Waals surface area contributed by atoms with Gasteiger partial charge in [-0.05, 0) is 149 Å². The summed E-state index contributed by atoms with van der Waals surface area (Å²) >= 11 is 0. The molecule has 2 saturated carbocycles. The number of fused-ring (bicyclic) bond motifs is 5. The van der Waals surface area contributed by atoms with E-state index in [-0.39, 0.29) is 63.2 Å². The second-order valence-electron chi connectivity index (χ2n) is 35.7. The van der Waals surface area contributed by atoms with E-state index in [1.54, 1.807) is 49.1 Å². The van der Waals surface area contributed by atoms with Crippen molar-refractivity contribution in [2.24, 2.45) is 35.3 Å². The SMILES string of the molecule is CC1CC(CNS(C)(=O)=O)CN(c2cc(-c3cnc4ccc(C(F)F)nn34)ncn2)C1.CC1CC(CNS(C)(=O)=O)CN(c2cc(-c3cnc4ccc(C(F)F)nn34)ncn2)C1.FC(F)c1ccc2ncc(-c3cc(N4CCCCC45CC5)ncn3)n2n1.FC(F)c1ccc2ncc(-c3cc(N4CCOCC45CC5)ncn3)n2n1.NC(=O)C1CCN(c2cc(-c3cnc4ccc(C(F)F)nn34)ncn2)C1. The molecule has 5 saturated heterocycles. The highest BCUT2D eigenvalue weighted by atomic mass is 32.2. The van der Waals surface area contributed by atoms with Crippen LogP contribution < -0.4 is 39.7 Å². The first-order valence-corrected chi connectivity index (χ1v) is 48.9. The number of carbonyl (C=O) groups excluding carboxylic acids is 1. The minimum Gasteiger partial charge on any atom is -0.377 e. The Morgan fingerprint density at radius 3 is 1.01 bits per heavy atom. The molecule has 5 atom stereocenters. The molecule has 39 nitrogen and oxygen atoms in total. The number of morpholine rings is 1. The van der Waals surface area contributed by atoms with Crippen LogP contribution in [-0.2, 0) is 29.6 Å². The Morgan fingerprint density at radius 2 is 0.707 bits per heavy atom. The number of hydrogen-bond acceptors (Lipinski definition) is 31. The molecule has 7 fully saturated rings. The van der Waals surface area contributed by atoms with Crippen LogP contribution in [0.25, 0.3) is 85.2 Å². The number of anilines is 5. The van der Waals surface area contributed by atoms with E-state index in [1.165, 1.54) is 141 Å². The molecule has 22 rings (SSSR count). The zero-order valence-electron chi connectivity index (χ0n) is 75.8. The number of rotatable bonds is 22. The van der Waals surface area contributed by atoms with Crippen LogP contribution in [0.5, 0.6) is 0 Å². The average Bonchev–Trinajstić information content (AvgIpc) is 1.60. The van der Waals surface area contributed by atoms with Crippen molar-refractivity contribution >= 4 is 83.3 Å². The molecule has 51 heteroatoms. The van der Waals surface area contributed by atoms with Crippen LogP contribution in [0, 0.1) is 29.6 Å². The molecule has 15 aromatic heterocycles. The molecule has 0 radical (unpaired) electrons. The number of nitrogens with one attached hydrogen (secondary N) is 2. The minimum atomic E-state index is -3.25. The predicted molar refractivity (Wildman–Crippen MR) is 492 cm³/mol. The summed E-state index contributed by atoms with van der Waals surface area (Å²) in [6.07, 6.45) is 14.8. The Kier molecular flexibility index (Phi) is 27.8. The van der Waals surface area contributed by atoms with Crippen molar-refractivity contribution in [1.29, 1.82) is 0 Å². The Bertz CT molecular complexity index is 6900. The van der Waals surface area contributed by atoms with Gasteiger partial charge in [0.2, 0.25) is 26.0 Å². The Balaban J connectivity index is 0.000000116. The maximum Gasteiger partial charge on any atom is 0.282 e. The molecule has 5 unspecified atom stereocenters. The van der Waals surface area contributed by atoms with Crippen LogP contribution >= 0.6 is 0 Å². The summed E-state index contributed by atoms with van der Waals surface area (Å²) in [4.78, 5) is 86.6. The maximum absolute atomic E-state index is 13.1. The molecule has 15 aromatic rings. The molecule has 4 N–H and O–H groups in total. The van der Waals surface area contributed by atoms with Gasteiger partial charge in [-0.25, -0.2) is 168 Å². The molecule has 2 aliphatic carbocycles. The van der Waals surface area contributed by atoms with Gasteiger partial charge in [0.05, 0.1) is 96.6 Å². The van der Waals surface area contributed by atoms with Crippen molar-refractivity contribution in [3.05, 3.63) is 182 Å². The molecule has 0 bridgehead atoms. The smallest absolute Gasteiger partial charge is 0.282 e. The number of primary amides is 1. The van der Waals surface area contributed by atoms with Crippen LogP contribution in [-0.4, -0.2) is 248 Å². The molecular formula is C89H95F10N33O6S2. The summed E-state index contributed by atoms with van der Waals surface area (Å²) in [6.45, 7) is 12.1. The van der Waals surface area contributed by atoms with E-state index in [0.29, 0.717) is 173 Å². The van der Waals surface area contributed by atoms with Crippen LogP contribution in [0.1, 0.15) is 139 Å². The molecular weight excluding hydrogens is 1880 g/mol. The molecule has 2 spiro atoms. The summed E-state index contributed by atoms with van der Waals surface area (Å²) in [7, 11) is -6.51. The van der Waals surface area contributed by atoms with Gasteiger partial charge in [0.25, 0.3) is 32.1 Å². The lowest BCUT2D eigenvalue weighted by molar-refractivity contribution is -0.121. The zero-order valence-corrected chi connectivity index (χ0v) is 77.4. The first-order chi connectivity index (χ1) is 67.2. The van der Waals surface area contributed by atoms with Crippen LogP contribution in [0.2, 0.25) is 0 Å². The molecule has 1 amide bonds. The molecule has 0 aromatic carbocycles. The second kappa shape index (κ2) is 40.5.